The molecule has 0 aromatic heterocycles. The molecule has 1 aromatic carbocycles. The molecule has 5 rings (SSSR count). The lowest BCUT2D eigenvalue weighted by Crippen LogP contribution is -2.57. The summed E-state index contributed by atoms with van der Waals surface area (Å²) in [4.78, 5) is 30.1. The molecule has 0 radical (unpaired) electrons. The maximum absolute atomic E-state index is 13.3. The van der Waals surface area contributed by atoms with Crippen LogP contribution in [0.5, 0.6) is 0 Å². The Morgan fingerprint density at radius 3 is 2.35 bits per heavy atom. The van der Waals surface area contributed by atoms with E-state index < -0.39 is 0 Å². The topological polar surface area (TPSA) is 61.9 Å². The first kappa shape index (κ1) is 20.8. The van der Waals surface area contributed by atoms with Gasteiger partial charge in [0.05, 0.1) is 5.60 Å². The molecule has 2 aliphatic carbocycles. The van der Waals surface area contributed by atoms with Crippen LogP contribution in [0.4, 0.5) is 4.79 Å². The van der Waals surface area contributed by atoms with Crippen molar-refractivity contribution in [1.29, 1.82) is 0 Å². The number of likely N-dealkylation sites (tertiary alicyclic amines) is 1. The molecule has 6 heteroatoms. The number of nitrogens with one attached hydrogen (secondary N) is 1. The summed E-state index contributed by atoms with van der Waals surface area (Å²) in [6.45, 7) is 2.17. The summed E-state index contributed by atoms with van der Waals surface area (Å²) in [5, 5.41) is 3.22. The maximum atomic E-state index is 13.3. The number of hydrogen-bond donors (Lipinski definition) is 1. The van der Waals surface area contributed by atoms with E-state index in [1.165, 1.54) is 12.8 Å². The zero-order chi connectivity index (χ0) is 21.3. The average molecular weight is 426 g/mol. The predicted molar refractivity (Wildman–Crippen MR) is 119 cm³/mol. The third-order valence-corrected chi connectivity index (χ3v) is 7.70. The van der Waals surface area contributed by atoms with Crippen molar-refractivity contribution in [2.45, 2.75) is 87.9 Å². The summed E-state index contributed by atoms with van der Waals surface area (Å²) < 4.78 is 6.34. The van der Waals surface area contributed by atoms with Gasteiger partial charge in [-0.05, 0) is 63.5 Å². The maximum Gasteiger partial charge on any atom is 0.317 e. The van der Waals surface area contributed by atoms with Gasteiger partial charge in [0, 0.05) is 43.4 Å². The summed E-state index contributed by atoms with van der Waals surface area (Å²) in [7, 11) is 0. The van der Waals surface area contributed by atoms with Gasteiger partial charge in [-0.15, -0.1) is 0 Å². The number of nitrogens with zero attached hydrogens (tertiary/aromatic N) is 2. The van der Waals surface area contributed by atoms with E-state index in [9.17, 15) is 9.59 Å². The second-order valence-electron chi connectivity index (χ2n) is 9.91. The molecule has 2 saturated heterocycles. The quantitative estimate of drug-likeness (QED) is 0.794. The van der Waals surface area contributed by atoms with Crippen LogP contribution in [0.1, 0.15) is 74.6 Å². The molecular weight excluding hydrogens is 390 g/mol. The lowest BCUT2D eigenvalue weighted by atomic mass is 9.81. The summed E-state index contributed by atoms with van der Waals surface area (Å²) >= 11 is 0. The Morgan fingerprint density at radius 2 is 1.68 bits per heavy atom. The zero-order valence-corrected chi connectivity index (χ0v) is 18.4. The van der Waals surface area contributed by atoms with Crippen molar-refractivity contribution < 1.29 is 14.3 Å². The van der Waals surface area contributed by atoms with Crippen molar-refractivity contribution in [1.82, 2.24) is 15.1 Å². The molecular formula is C25H35N3O3. The minimum absolute atomic E-state index is 0.0907. The van der Waals surface area contributed by atoms with E-state index in [2.05, 4.69) is 10.2 Å². The Labute approximate surface area is 185 Å². The molecule has 4 aliphatic rings. The Morgan fingerprint density at radius 1 is 0.968 bits per heavy atom. The number of carbonyl (C=O) groups excluding carboxylic acids is 2. The molecule has 1 N–H and O–H groups in total. The normalized spacial score (nSPS) is 26.1. The lowest BCUT2D eigenvalue weighted by Gasteiger charge is -2.48. The van der Waals surface area contributed by atoms with Crippen molar-refractivity contribution >= 4 is 11.9 Å². The van der Waals surface area contributed by atoms with E-state index >= 15 is 0 Å². The number of piperidine rings is 1. The van der Waals surface area contributed by atoms with Gasteiger partial charge in [0.15, 0.2) is 0 Å². The smallest absolute Gasteiger partial charge is 0.317 e. The summed E-state index contributed by atoms with van der Waals surface area (Å²) in [5.74, 6) is 0.165. The molecule has 3 amide bonds. The third kappa shape index (κ3) is 4.59. The number of urea groups is 1. The van der Waals surface area contributed by atoms with Crippen molar-refractivity contribution in [3.8, 4) is 0 Å². The zero-order valence-electron chi connectivity index (χ0n) is 18.4. The third-order valence-electron chi connectivity index (χ3n) is 7.70. The molecule has 1 aromatic rings. The van der Waals surface area contributed by atoms with Gasteiger partial charge in [-0.2, -0.15) is 0 Å². The van der Waals surface area contributed by atoms with Crippen LogP contribution in [0.25, 0.3) is 0 Å². The van der Waals surface area contributed by atoms with Crippen molar-refractivity contribution in [3.63, 3.8) is 0 Å². The van der Waals surface area contributed by atoms with E-state index in [0.29, 0.717) is 18.7 Å². The molecule has 1 atom stereocenters. The summed E-state index contributed by atoms with van der Waals surface area (Å²) in [6.07, 6.45) is 10.4. The van der Waals surface area contributed by atoms with E-state index in [0.717, 1.165) is 70.0 Å². The highest BCUT2D eigenvalue weighted by Crippen LogP contribution is 2.40. The largest absolute Gasteiger partial charge is 0.375 e. The van der Waals surface area contributed by atoms with Gasteiger partial charge in [0.2, 0.25) is 0 Å². The van der Waals surface area contributed by atoms with E-state index in [-0.39, 0.29) is 23.6 Å². The monoisotopic (exact) mass is 425 g/mol. The van der Waals surface area contributed by atoms with Crippen molar-refractivity contribution in [2.75, 3.05) is 19.7 Å². The first-order valence-electron chi connectivity index (χ1n) is 12.2. The fraction of sp³-hybridized carbons (Fsp3) is 0.680. The average Bonchev–Trinajstić information content (AvgIpc) is 3.49. The number of hydrogen-bond acceptors (Lipinski definition) is 3. The van der Waals surface area contributed by atoms with Gasteiger partial charge in [0.25, 0.3) is 5.91 Å². The van der Waals surface area contributed by atoms with Gasteiger partial charge in [0.1, 0.15) is 0 Å². The van der Waals surface area contributed by atoms with Crippen LogP contribution >= 0.6 is 0 Å². The summed E-state index contributed by atoms with van der Waals surface area (Å²) in [5.41, 5.74) is 0.588. The first-order valence-corrected chi connectivity index (χ1v) is 12.2. The highest BCUT2D eigenvalue weighted by Gasteiger charge is 2.46. The first-order chi connectivity index (χ1) is 15.1. The van der Waals surface area contributed by atoms with Gasteiger partial charge in [-0.1, -0.05) is 31.0 Å². The predicted octanol–water partition coefficient (Wildman–Crippen LogP) is 3.96. The van der Waals surface area contributed by atoms with Crippen LogP contribution in [0.2, 0.25) is 0 Å². The number of carbonyl (C=O) groups is 2. The Balaban J connectivity index is 1.21. The van der Waals surface area contributed by atoms with Crippen LogP contribution in [0.3, 0.4) is 0 Å². The number of benzene rings is 1. The number of rotatable bonds is 4. The Hall–Kier alpha value is -2.08. The Kier molecular flexibility index (Phi) is 5.91. The molecule has 0 bridgehead atoms. The standard InChI is InChI=1S/C25H35N3O3/c29-23(19-6-2-1-3-7-19)28(21-10-11-21)22-12-17-31-25(18-22)13-15-27(16-14-25)24(30)26-20-8-4-5-9-20/h1-3,6-7,20-22H,4-5,8-18H2,(H,26,30). The molecule has 168 valence electrons. The van der Waals surface area contributed by atoms with Gasteiger partial charge < -0.3 is 19.9 Å². The second kappa shape index (κ2) is 8.81. The van der Waals surface area contributed by atoms with Crippen LogP contribution in [0.15, 0.2) is 30.3 Å². The Bertz CT molecular complexity index is 780. The summed E-state index contributed by atoms with van der Waals surface area (Å²) in [6, 6.07) is 10.7. The fourth-order valence-electron chi connectivity index (χ4n) is 5.75. The number of amides is 3. The highest BCUT2D eigenvalue weighted by atomic mass is 16.5. The minimum Gasteiger partial charge on any atom is -0.375 e. The fourth-order valence-corrected chi connectivity index (χ4v) is 5.75. The molecule has 31 heavy (non-hydrogen) atoms. The second-order valence-corrected chi connectivity index (χ2v) is 9.91. The molecule has 1 spiro atoms. The van der Waals surface area contributed by atoms with Crippen LogP contribution in [-0.4, -0.2) is 65.2 Å². The molecule has 2 heterocycles. The minimum atomic E-state index is -0.197. The van der Waals surface area contributed by atoms with Crippen LogP contribution in [0, 0.1) is 0 Å². The van der Waals surface area contributed by atoms with Gasteiger partial charge in [-0.3, -0.25) is 4.79 Å². The molecule has 4 fully saturated rings. The van der Waals surface area contributed by atoms with Gasteiger partial charge >= 0.3 is 6.03 Å². The van der Waals surface area contributed by atoms with Crippen LogP contribution < -0.4 is 5.32 Å². The lowest BCUT2D eigenvalue weighted by molar-refractivity contribution is -0.126. The van der Waals surface area contributed by atoms with Gasteiger partial charge in [-0.25, -0.2) is 4.79 Å². The van der Waals surface area contributed by atoms with Crippen LogP contribution in [-0.2, 0) is 4.74 Å². The van der Waals surface area contributed by atoms with E-state index in [1.807, 2.05) is 35.2 Å². The van der Waals surface area contributed by atoms with E-state index in [1.54, 1.807) is 0 Å². The molecule has 1 unspecified atom stereocenters. The van der Waals surface area contributed by atoms with Crippen molar-refractivity contribution in [2.24, 2.45) is 0 Å². The highest BCUT2D eigenvalue weighted by molar-refractivity contribution is 5.94. The van der Waals surface area contributed by atoms with Crippen molar-refractivity contribution in [3.05, 3.63) is 35.9 Å². The number of ether oxygens (including phenoxy) is 1. The SMILES string of the molecule is O=C(NC1CCCC1)N1CCC2(CC1)CC(N(C(=O)c1ccccc1)C1CC1)CCO2. The molecule has 2 aliphatic heterocycles. The molecule has 2 saturated carbocycles. The molecule has 6 nitrogen and oxygen atoms in total. The van der Waals surface area contributed by atoms with E-state index in [4.69, 9.17) is 4.74 Å².